The molecule has 1 unspecified atom stereocenters. The van der Waals surface area contributed by atoms with Gasteiger partial charge in [-0.15, -0.1) is 0 Å². The molecular formula is C16H19F2NO2. The highest BCUT2D eigenvalue weighted by Gasteiger charge is 2.08. The molecule has 114 valence electrons. The van der Waals surface area contributed by atoms with E-state index in [9.17, 15) is 8.78 Å². The second-order valence-electron chi connectivity index (χ2n) is 4.83. The van der Waals surface area contributed by atoms with Gasteiger partial charge in [-0.1, -0.05) is 18.2 Å². The molecule has 0 aliphatic carbocycles. The third kappa shape index (κ3) is 4.37. The van der Waals surface area contributed by atoms with Gasteiger partial charge < -0.3 is 15.2 Å². The van der Waals surface area contributed by atoms with E-state index in [4.69, 9.17) is 15.2 Å². The molecule has 1 atom stereocenters. The van der Waals surface area contributed by atoms with E-state index in [1.807, 2.05) is 36.4 Å². The van der Waals surface area contributed by atoms with Crippen LogP contribution in [0.4, 0.5) is 8.78 Å². The van der Waals surface area contributed by atoms with Gasteiger partial charge in [0.15, 0.2) is 0 Å². The van der Waals surface area contributed by atoms with Crippen molar-refractivity contribution in [1.82, 2.24) is 0 Å². The highest BCUT2D eigenvalue weighted by atomic mass is 19.3. The second-order valence-corrected chi connectivity index (χ2v) is 4.83. The number of alkyl halides is 2. The standard InChI is InChI=1S/C16H19F2NO2/c1-20-14-5-4-11-8-13(3-2-12(11)9-14)15(19)6-7-21-10-16(17)18/h2-5,8-9,15-16H,6-7,10,19H2,1H3. The van der Waals surface area contributed by atoms with Crippen LogP contribution in [0.5, 0.6) is 5.75 Å². The average molecular weight is 295 g/mol. The largest absolute Gasteiger partial charge is 0.497 e. The van der Waals surface area contributed by atoms with Crippen molar-refractivity contribution >= 4 is 10.8 Å². The molecule has 0 fully saturated rings. The van der Waals surface area contributed by atoms with E-state index in [0.717, 1.165) is 22.1 Å². The third-order valence-electron chi connectivity index (χ3n) is 3.32. The van der Waals surface area contributed by atoms with Gasteiger partial charge >= 0.3 is 0 Å². The van der Waals surface area contributed by atoms with Crippen LogP contribution >= 0.6 is 0 Å². The van der Waals surface area contributed by atoms with Gasteiger partial charge in [-0.05, 0) is 41.0 Å². The zero-order valence-electron chi connectivity index (χ0n) is 11.9. The van der Waals surface area contributed by atoms with Crippen molar-refractivity contribution in [3.8, 4) is 5.75 Å². The molecule has 0 bridgehead atoms. The summed E-state index contributed by atoms with van der Waals surface area (Å²) in [7, 11) is 1.63. The topological polar surface area (TPSA) is 44.5 Å². The van der Waals surface area contributed by atoms with Crippen LogP contribution in [0, 0.1) is 0 Å². The highest BCUT2D eigenvalue weighted by Crippen LogP contribution is 2.24. The van der Waals surface area contributed by atoms with E-state index in [1.54, 1.807) is 7.11 Å². The molecule has 0 aromatic heterocycles. The van der Waals surface area contributed by atoms with Gasteiger partial charge in [-0.25, -0.2) is 8.78 Å². The lowest BCUT2D eigenvalue weighted by molar-refractivity contribution is 0.0152. The summed E-state index contributed by atoms with van der Waals surface area (Å²) in [6.45, 7) is -0.309. The van der Waals surface area contributed by atoms with Crippen LogP contribution in [0.1, 0.15) is 18.0 Å². The number of methoxy groups -OCH3 is 1. The second kappa shape index (κ2) is 7.33. The number of fused-ring (bicyclic) bond motifs is 1. The lowest BCUT2D eigenvalue weighted by Gasteiger charge is -2.13. The quantitative estimate of drug-likeness (QED) is 0.795. The predicted octanol–water partition coefficient (Wildman–Crippen LogP) is 3.52. The Hall–Kier alpha value is -1.72. The van der Waals surface area contributed by atoms with Gasteiger partial charge in [0.05, 0.1) is 7.11 Å². The van der Waals surface area contributed by atoms with E-state index in [2.05, 4.69) is 0 Å². The van der Waals surface area contributed by atoms with Crippen LogP contribution in [-0.4, -0.2) is 26.7 Å². The summed E-state index contributed by atoms with van der Waals surface area (Å²) in [5.41, 5.74) is 7.03. The maximum Gasteiger partial charge on any atom is 0.261 e. The minimum Gasteiger partial charge on any atom is -0.497 e. The Labute approximate surface area is 122 Å². The molecule has 0 aliphatic heterocycles. The van der Waals surface area contributed by atoms with Crippen molar-refractivity contribution in [1.29, 1.82) is 0 Å². The maximum atomic E-state index is 12.0. The molecule has 2 N–H and O–H groups in total. The van der Waals surface area contributed by atoms with E-state index < -0.39 is 13.0 Å². The molecule has 2 rings (SSSR count). The molecule has 0 radical (unpaired) electrons. The van der Waals surface area contributed by atoms with Crippen LogP contribution in [0.3, 0.4) is 0 Å². The Morgan fingerprint density at radius 3 is 2.52 bits per heavy atom. The molecule has 2 aromatic carbocycles. The minimum atomic E-state index is -2.43. The summed E-state index contributed by atoms with van der Waals surface area (Å²) in [5.74, 6) is 0.806. The SMILES string of the molecule is COc1ccc2cc(C(N)CCOCC(F)F)ccc2c1. The summed E-state index contributed by atoms with van der Waals surface area (Å²) >= 11 is 0. The smallest absolute Gasteiger partial charge is 0.261 e. The van der Waals surface area contributed by atoms with Gasteiger partial charge in [0, 0.05) is 12.6 Å². The molecule has 0 heterocycles. The zero-order valence-corrected chi connectivity index (χ0v) is 11.9. The van der Waals surface area contributed by atoms with Crippen LogP contribution in [0.25, 0.3) is 10.8 Å². The molecule has 3 nitrogen and oxygen atoms in total. The molecule has 0 aliphatic rings. The van der Waals surface area contributed by atoms with Crippen molar-refractivity contribution in [2.45, 2.75) is 18.9 Å². The fraction of sp³-hybridized carbons (Fsp3) is 0.375. The van der Waals surface area contributed by atoms with Crippen LogP contribution in [0.15, 0.2) is 36.4 Å². The summed E-state index contributed by atoms with van der Waals surface area (Å²) < 4.78 is 33.9. The number of halogens is 2. The monoisotopic (exact) mass is 295 g/mol. The molecule has 0 spiro atoms. The van der Waals surface area contributed by atoms with Crippen molar-refractivity contribution < 1.29 is 18.3 Å². The molecule has 0 amide bonds. The molecular weight excluding hydrogens is 276 g/mol. The third-order valence-corrected chi connectivity index (χ3v) is 3.32. The Balaban J connectivity index is 2.01. The first-order valence-electron chi connectivity index (χ1n) is 6.79. The first-order valence-corrected chi connectivity index (χ1v) is 6.79. The van der Waals surface area contributed by atoms with E-state index in [0.29, 0.717) is 6.42 Å². The fourth-order valence-corrected chi connectivity index (χ4v) is 2.15. The number of benzene rings is 2. The van der Waals surface area contributed by atoms with Crippen molar-refractivity contribution in [3.05, 3.63) is 42.0 Å². The lowest BCUT2D eigenvalue weighted by atomic mass is 10.0. The van der Waals surface area contributed by atoms with Gasteiger partial charge in [-0.3, -0.25) is 0 Å². The average Bonchev–Trinajstić information content (AvgIpc) is 2.50. The van der Waals surface area contributed by atoms with Crippen LogP contribution in [0.2, 0.25) is 0 Å². The number of rotatable bonds is 7. The first kappa shape index (κ1) is 15.7. The van der Waals surface area contributed by atoms with Gasteiger partial charge in [0.2, 0.25) is 0 Å². The summed E-state index contributed by atoms with van der Waals surface area (Å²) in [6.07, 6.45) is -1.93. The number of hydrogen-bond donors (Lipinski definition) is 1. The Kier molecular flexibility index (Phi) is 5.47. The van der Waals surface area contributed by atoms with Gasteiger partial charge in [0.25, 0.3) is 6.43 Å². The first-order chi connectivity index (χ1) is 10.1. The fourth-order valence-electron chi connectivity index (χ4n) is 2.15. The van der Waals surface area contributed by atoms with Crippen molar-refractivity contribution in [2.75, 3.05) is 20.3 Å². The number of hydrogen-bond acceptors (Lipinski definition) is 3. The minimum absolute atomic E-state index is 0.228. The highest BCUT2D eigenvalue weighted by molar-refractivity contribution is 5.84. The van der Waals surface area contributed by atoms with E-state index in [-0.39, 0.29) is 12.6 Å². The molecule has 0 saturated heterocycles. The number of ether oxygens (including phenoxy) is 2. The molecule has 21 heavy (non-hydrogen) atoms. The molecule has 0 saturated carbocycles. The van der Waals surface area contributed by atoms with E-state index >= 15 is 0 Å². The Bertz CT molecular complexity index is 589. The van der Waals surface area contributed by atoms with Gasteiger partial charge in [0.1, 0.15) is 12.4 Å². The van der Waals surface area contributed by atoms with Gasteiger partial charge in [-0.2, -0.15) is 0 Å². The summed E-state index contributed by atoms with van der Waals surface area (Å²) in [6, 6.07) is 11.5. The lowest BCUT2D eigenvalue weighted by Crippen LogP contribution is -2.14. The van der Waals surface area contributed by atoms with Crippen LogP contribution in [-0.2, 0) is 4.74 Å². The summed E-state index contributed by atoms with van der Waals surface area (Å²) in [5, 5.41) is 2.14. The van der Waals surface area contributed by atoms with Crippen LogP contribution < -0.4 is 10.5 Å². The Morgan fingerprint density at radius 1 is 1.10 bits per heavy atom. The normalized spacial score (nSPS) is 12.8. The predicted molar refractivity (Wildman–Crippen MR) is 78.9 cm³/mol. The Morgan fingerprint density at radius 2 is 1.81 bits per heavy atom. The molecule has 5 heteroatoms. The molecule has 2 aromatic rings. The summed E-state index contributed by atoms with van der Waals surface area (Å²) in [4.78, 5) is 0. The van der Waals surface area contributed by atoms with E-state index in [1.165, 1.54) is 0 Å². The van der Waals surface area contributed by atoms with Crippen molar-refractivity contribution in [2.24, 2.45) is 5.73 Å². The maximum absolute atomic E-state index is 12.0. The van der Waals surface area contributed by atoms with Crippen molar-refractivity contribution in [3.63, 3.8) is 0 Å². The zero-order chi connectivity index (χ0) is 15.2. The number of nitrogens with two attached hydrogens (primary N) is 1.